The third-order valence-electron chi connectivity index (χ3n) is 3.61. The highest BCUT2D eigenvalue weighted by atomic mass is 19.2. The minimum absolute atomic E-state index is 0.157. The maximum Gasteiger partial charge on any atom is 0.360 e. The van der Waals surface area contributed by atoms with Crippen molar-refractivity contribution in [3.05, 3.63) is 59.6 Å². The Labute approximate surface area is 136 Å². The van der Waals surface area contributed by atoms with E-state index in [1.807, 2.05) is 0 Å². The lowest BCUT2D eigenvalue weighted by Crippen LogP contribution is -2.07. The quantitative estimate of drug-likeness (QED) is 0.745. The molecule has 24 heavy (non-hydrogen) atoms. The number of hydrogen-bond acceptors (Lipinski definition) is 4. The third kappa shape index (κ3) is 2.80. The van der Waals surface area contributed by atoms with Crippen molar-refractivity contribution in [2.45, 2.75) is 13.5 Å². The molecule has 0 aliphatic rings. The summed E-state index contributed by atoms with van der Waals surface area (Å²) in [5.74, 6) is -2.80. The van der Waals surface area contributed by atoms with Crippen LogP contribution in [-0.4, -0.2) is 27.2 Å². The number of halogens is 2. The van der Waals surface area contributed by atoms with Gasteiger partial charge >= 0.3 is 5.97 Å². The van der Waals surface area contributed by atoms with Crippen LogP contribution in [0.1, 0.15) is 23.0 Å². The molecule has 2 heterocycles. The molecule has 0 saturated heterocycles. The average molecular weight is 332 g/mol. The molecular weight excluding hydrogens is 318 g/mol. The Bertz CT molecular complexity index is 922. The van der Waals surface area contributed by atoms with Gasteiger partial charge in [0, 0.05) is 18.1 Å². The van der Waals surface area contributed by atoms with Gasteiger partial charge in [-0.05, 0) is 30.7 Å². The molecule has 0 aliphatic carbocycles. The van der Waals surface area contributed by atoms with E-state index >= 15 is 0 Å². The van der Waals surface area contributed by atoms with E-state index in [9.17, 15) is 18.7 Å². The summed E-state index contributed by atoms with van der Waals surface area (Å²) in [5, 5.41) is 10.6. The first-order chi connectivity index (χ1) is 11.5. The smallest absolute Gasteiger partial charge is 0.360 e. The second kappa shape index (κ2) is 6.27. The second-order valence-corrected chi connectivity index (χ2v) is 5.17. The van der Waals surface area contributed by atoms with Crippen molar-refractivity contribution in [1.29, 1.82) is 0 Å². The number of rotatable bonds is 4. The number of esters is 1. The fraction of sp³-hybridized carbons (Fsp3) is 0.176. The highest BCUT2D eigenvalue weighted by Gasteiger charge is 2.18. The van der Waals surface area contributed by atoms with Gasteiger partial charge in [-0.25, -0.2) is 18.6 Å². The number of nitrogens with zero attached hydrogens (tertiary/aromatic N) is 2. The molecule has 0 saturated carbocycles. The molecule has 0 bridgehead atoms. The van der Waals surface area contributed by atoms with Crippen molar-refractivity contribution in [3.63, 3.8) is 0 Å². The SMILES string of the molecule is CCOC(=O)c1ncc2c(ccn2Cc2ccc(F)c(F)c2)c1O. The van der Waals surface area contributed by atoms with Crippen LogP contribution in [0.15, 0.2) is 36.7 Å². The normalized spacial score (nSPS) is 11.0. The highest BCUT2D eigenvalue weighted by Crippen LogP contribution is 2.29. The highest BCUT2D eigenvalue weighted by molar-refractivity contribution is 5.98. The van der Waals surface area contributed by atoms with Crippen molar-refractivity contribution in [2.75, 3.05) is 6.61 Å². The van der Waals surface area contributed by atoms with Gasteiger partial charge in [0.1, 0.15) is 0 Å². The van der Waals surface area contributed by atoms with Gasteiger partial charge < -0.3 is 14.4 Å². The number of ether oxygens (including phenoxy) is 1. The molecule has 0 aliphatic heterocycles. The molecule has 0 unspecified atom stereocenters. The summed E-state index contributed by atoms with van der Waals surface area (Å²) in [7, 11) is 0. The maximum atomic E-state index is 13.3. The zero-order chi connectivity index (χ0) is 17.3. The van der Waals surface area contributed by atoms with Gasteiger partial charge in [0.2, 0.25) is 0 Å². The Morgan fingerprint density at radius 1 is 1.29 bits per heavy atom. The van der Waals surface area contributed by atoms with Gasteiger partial charge in [0.25, 0.3) is 0 Å². The van der Waals surface area contributed by atoms with E-state index in [1.54, 1.807) is 23.8 Å². The van der Waals surface area contributed by atoms with Crippen LogP contribution in [-0.2, 0) is 11.3 Å². The fourth-order valence-electron chi connectivity index (χ4n) is 2.46. The summed E-state index contributed by atoms with van der Waals surface area (Å²) in [5.41, 5.74) is 0.959. The topological polar surface area (TPSA) is 64.3 Å². The molecule has 1 N–H and O–H groups in total. The zero-order valence-electron chi connectivity index (χ0n) is 12.8. The molecule has 0 fully saturated rings. The van der Waals surface area contributed by atoms with Crippen LogP contribution >= 0.6 is 0 Å². The number of hydrogen-bond donors (Lipinski definition) is 1. The number of carbonyl (C=O) groups excluding carboxylic acids is 1. The first-order valence-electron chi connectivity index (χ1n) is 7.29. The van der Waals surface area contributed by atoms with Gasteiger partial charge in [0.05, 0.1) is 18.3 Å². The van der Waals surface area contributed by atoms with E-state index in [0.717, 1.165) is 12.1 Å². The summed E-state index contributed by atoms with van der Waals surface area (Å²) in [6, 6.07) is 5.27. The Hall–Kier alpha value is -2.96. The van der Waals surface area contributed by atoms with Gasteiger partial charge in [0.15, 0.2) is 23.1 Å². The molecule has 2 aromatic heterocycles. The molecule has 0 spiro atoms. The molecule has 0 atom stereocenters. The van der Waals surface area contributed by atoms with E-state index in [1.165, 1.54) is 12.3 Å². The number of aromatic nitrogens is 2. The fourth-order valence-corrected chi connectivity index (χ4v) is 2.46. The predicted octanol–water partition coefficient (Wildman–Crippen LogP) is 3.25. The number of fused-ring (bicyclic) bond motifs is 1. The number of pyridine rings is 1. The molecular formula is C17H14F2N2O3. The van der Waals surface area contributed by atoms with Crippen molar-refractivity contribution in [2.24, 2.45) is 0 Å². The van der Waals surface area contributed by atoms with Gasteiger partial charge in [-0.3, -0.25) is 0 Å². The second-order valence-electron chi connectivity index (χ2n) is 5.17. The summed E-state index contributed by atoms with van der Waals surface area (Å²) < 4.78 is 32.9. The lowest BCUT2D eigenvalue weighted by atomic mass is 10.2. The monoisotopic (exact) mass is 332 g/mol. The van der Waals surface area contributed by atoms with Crippen molar-refractivity contribution in [1.82, 2.24) is 9.55 Å². The lowest BCUT2D eigenvalue weighted by Gasteiger charge is -2.08. The van der Waals surface area contributed by atoms with E-state index in [-0.39, 0.29) is 24.6 Å². The molecule has 3 rings (SSSR count). The van der Waals surface area contributed by atoms with Crippen LogP contribution in [0.25, 0.3) is 10.9 Å². The van der Waals surface area contributed by atoms with E-state index in [2.05, 4.69) is 4.98 Å². The molecule has 124 valence electrons. The standard InChI is InChI=1S/C17H14F2N2O3/c1-2-24-17(23)15-16(22)11-5-6-21(14(11)8-20-15)9-10-3-4-12(18)13(19)7-10/h3-8,22H,2,9H2,1H3. The number of carbonyl (C=O) groups is 1. The summed E-state index contributed by atoms with van der Waals surface area (Å²) in [6.07, 6.45) is 3.10. The zero-order valence-corrected chi connectivity index (χ0v) is 12.8. The Morgan fingerprint density at radius 2 is 2.08 bits per heavy atom. The van der Waals surface area contributed by atoms with Crippen LogP contribution in [0.4, 0.5) is 8.78 Å². The van der Waals surface area contributed by atoms with E-state index < -0.39 is 17.6 Å². The number of benzene rings is 1. The van der Waals surface area contributed by atoms with Crippen LogP contribution < -0.4 is 0 Å². The molecule has 3 aromatic rings. The minimum Gasteiger partial charge on any atom is -0.505 e. The first kappa shape index (κ1) is 15.9. The van der Waals surface area contributed by atoms with Gasteiger partial charge in [-0.2, -0.15) is 0 Å². The molecule has 7 heteroatoms. The maximum absolute atomic E-state index is 13.3. The van der Waals surface area contributed by atoms with Crippen molar-refractivity contribution < 1.29 is 23.4 Å². The third-order valence-corrected chi connectivity index (χ3v) is 3.61. The van der Waals surface area contributed by atoms with Crippen molar-refractivity contribution in [3.8, 4) is 5.75 Å². The average Bonchev–Trinajstić information content (AvgIpc) is 2.95. The van der Waals surface area contributed by atoms with Gasteiger partial charge in [-0.15, -0.1) is 0 Å². The predicted molar refractivity (Wildman–Crippen MR) is 82.8 cm³/mol. The summed E-state index contributed by atoms with van der Waals surface area (Å²) in [6.45, 7) is 2.10. The summed E-state index contributed by atoms with van der Waals surface area (Å²) in [4.78, 5) is 15.7. The largest absolute Gasteiger partial charge is 0.505 e. The Morgan fingerprint density at radius 3 is 2.79 bits per heavy atom. The van der Waals surface area contributed by atoms with E-state index in [4.69, 9.17) is 4.74 Å². The number of aromatic hydroxyl groups is 1. The van der Waals surface area contributed by atoms with Crippen LogP contribution in [0, 0.1) is 11.6 Å². The van der Waals surface area contributed by atoms with E-state index in [0.29, 0.717) is 16.5 Å². The molecule has 1 aromatic carbocycles. The Balaban J connectivity index is 1.97. The van der Waals surface area contributed by atoms with Gasteiger partial charge in [-0.1, -0.05) is 6.07 Å². The first-order valence-corrected chi connectivity index (χ1v) is 7.29. The lowest BCUT2D eigenvalue weighted by molar-refractivity contribution is 0.0516. The Kier molecular flexibility index (Phi) is 4.16. The van der Waals surface area contributed by atoms with Crippen molar-refractivity contribution >= 4 is 16.9 Å². The van der Waals surface area contributed by atoms with Crippen LogP contribution in [0.3, 0.4) is 0 Å². The molecule has 5 nitrogen and oxygen atoms in total. The molecule has 0 radical (unpaired) electrons. The summed E-state index contributed by atoms with van der Waals surface area (Å²) >= 11 is 0. The minimum atomic E-state index is -0.922. The van der Waals surface area contributed by atoms with Crippen LogP contribution in [0.2, 0.25) is 0 Å². The van der Waals surface area contributed by atoms with Crippen LogP contribution in [0.5, 0.6) is 5.75 Å². The molecule has 0 amide bonds.